The number of benzene rings is 1. The zero-order chi connectivity index (χ0) is 15.5. The van der Waals surface area contributed by atoms with Gasteiger partial charge in [0, 0.05) is 30.5 Å². The van der Waals surface area contributed by atoms with E-state index in [1.54, 1.807) is 16.8 Å². The highest BCUT2D eigenvalue weighted by Crippen LogP contribution is 2.11. The summed E-state index contributed by atoms with van der Waals surface area (Å²) in [6.45, 7) is 3.53. The molecule has 1 aromatic carbocycles. The van der Waals surface area contributed by atoms with Crippen LogP contribution in [0.15, 0.2) is 42.7 Å². The summed E-state index contributed by atoms with van der Waals surface area (Å²) in [4.78, 5) is 2.17. The number of rotatable bonds is 5. The Kier molecular flexibility index (Phi) is 4.02. The Balaban J connectivity index is 1.65. The van der Waals surface area contributed by atoms with Crippen LogP contribution in [-0.4, -0.2) is 31.9 Å². The van der Waals surface area contributed by atoms with E-state index >= 15 is 0 Å². The monoisotopic (exact) mass is 299 g/mol. The summed E-state index contributed by atoms with van der Waals surface area (Å²) in [5.41, 5.74) is 4.02. The van der Waals surface area contributed by atoms with E-state index in [1.807, 2.05) is 32.4 Å². The van der Waals surface area contributed by atoms with Crippen molar-refractivity contribution in [3.05, 3.63) is 65.5 Å². The van der Waals surface area contributed by atoms with E-state index in [9.17, 15) is 4.39 Å². The van der Waals surface area contributed by atoms with Crippen LogP contribution in [0.2, 0.25) is 0 Å². The molecule has 0 aliphatic carbocycles. The van der Waals surface area contributed by atoms with E-state index in [-0.39, 0.29) is 5.82 Å². The molecule has 1 N–H and O–H groups in total. The van der Waals surface area contributed by atoms with Crippen LogP contribution in [-0.2, 0) is 13.1 Å². The lowest BCUT2D eigenvalue weighted by molar-refractivity contribution is 0.315. The van der Waals surface area contributed by atoms with Crippen molar-refractivity contribution in [1.29, 1.82) is 0 Å². The minimum Gasteiger partial charge on any atom is -0.296 e. The minimum atomic E-state index is -0.245. The maximum absolute atomic E-state index is 12.9. The summed E-state index contributed by atoms with van der Waals surface area (Å²) >= 11 is 0. The van der Waals surface area contributed by atoms with E-state index in [0.717, 1.165) is 35.7 Å². The molecule has 0 unspecified atom stereocenters. The first-order valence-electron chi connectivity index (χ1n) is 7.09. The number of halogens is 1. The van der Waals surface area contributed by atoms with Gasteiger partial charge in [0.15, 0.2) is 0 Å². The van der Waals surface area contributed by atoms with Gasteiger partial charge in [-0.1, -0.05) is 0 Å². The van der Waals surface area contributed by atoms with E-state index in [1.165, 1.54) is 12.1 Å². The van der Waals surface area contributed by atoms with E-state index < -0.39 is 0 Å². The van der Waals surface area contributed by atoms with Gasteiger partial charge in [0.05, 0.1) is 17.6 Å². The normalized spacial score (nSPS) is 11.3. The Hall–Kier alpha value is -2.47. The summed E-state index contributed by atoms with van der Waals surface area (Å²) in [5, 5.41) is 11.5. The quantitative estimate of drug-likeness (QED) is 0.788. The predicted octanol–water partition coefficient (Wildman–Crippen LogP) is 2.67. The fourth-order valence-corrected chi connectivity index (χ4v) is 2.38. The van der Waals surface area contributed by atoms with Gasteiger partial charge in [-0.25, -0.2) is 9.07 Å². The van der Waals surface area contributed by atoms with Gasteiger partial charge in [-0.3, -0.25) is 10.00 Å². The second kappa shape index (κ2) is 6.11. The largest absolute Gasteiger partial charge is 0.296 e. The molecular formula is C16H18FN5. The molecule has 0 radical (unpaired) electrons. The van der Waals surface area contributed by atoms with Gasteiger partial charge in [0.25, 0.3) is 0 Å². The molecule has 5 nitrogen and oxygen atoms in total. The minimum absolute atomic E-state index is 0.245. The second-order valence-electron chi connectivity index (χ2n) is 5.48. The topological polar surface area (TPSA) is 49.7 Å². The second-order valence-corrected chi connectivity index (χ2v) is 5.48. The number of hydrogen-bond acceptors (Lipinski definition) is 3. The number of hydrogen-bond donors (Lipinski definition) is 1. The first-order valence-corrected chi connectivity index (χ1v) is 7.09. The van der Waals surface area contributed by atoms with Gasteiger partial charge >= 0.3 is 0 Å². The number of nitrogens with one attached hydrogen (secondary N) is 1. The van der Waals surface area contributed by atoms with Crippen LogP contribution in [0.5, 0.6) is 0 Å². The molecule has 0 aliphatic rings. The van der Waals surface area contributed by atoms with E-state index in [2.05, 4.69) is 20.2 Å². The number of nitrogens with zero attached hydrogens (tertiary/aromatic N) is 4. The van der Waals surface area contributed by atoms with Gasteiger partial charge in [-0.05, 0) is 44.3 Å². The summed E-state index contributed by atoms with van der Waals surface area (Å²) in [7, 11) is 2.04. The summed E-state index contributed by atoms with van der Waals surface area (Å²) in [6, 6.07) is 8.33. The SMILES string of the molecule is Cc1cc(CN(C)Cc2cnn(-c3ccc(F)cc3)c2)n[nH]1. The standard InChI is InChI=1S/C16H18FN5/c1-12-7-15(20-19-12)11-21(2)9-13-8-18-22(10-13)16-5-3-14(17)4-6-16/h3-8,10H,9,11H2,1-2H3,(H,19,20). The number of H-pyrrole nitrogens is 1. The van der Waals surface area contributed by atoms with Crippen molar-refractivity contribution in [2.24, 2.45) is 0 Å². The van der Waals surface area contributed by atoms with Crippen molar-refractivity contribution in [2.45, 2.75) is 20.0 Å². The summed E-state index contributed by atoms with van der Waals surface area (Å²) in [5.74, 6) is -0.245. The van der Waals surface area contributed by atoms with Crippen LogP contribution in [0, 0.1) is 12.7 Å². The molecule has 0 aliphatic heterocycles. The third-order valence-electron chi connectivity index (χ3n) is 3.37. The molecule has 0 saturated carbocycles. The molecule has 0 amide bonds. The zero-order valence-electron chi connectivity index (χ0n) is 12.6. The molecule has 22 heavy (non-hydrogen) atoms. The molecule has 3 rings (SSSR count). The third-order valence-corrected chi connectivity index (χ3v) is 3.37. The molecule has 0 fully saturated rings. The molecule has 0 atom stereocenters. The molecule has 0 spiro atoms. The third kappa shape index (κ3) is 3.40. The van der Waals surface area contributed by atoms with Gasteiger partial charge in [0.1, 0.15) is 5.82 Å². The highest BCUT2D eigenvalue weighted by atomic mass is 19.1. The van der Waals surface area contributed by atoms with Gasteiger partial charge in [0.2, 0.25) is 0 Å². The van der Waals surface area contributed by atoms with E-state index in [4.69, 9.17) is 0 Å². The lowest BCUT2D eigenvalue weighted by atomic mass is 10.3. The van der Waals surface area contributed by atoms with Crippen molar-refractivity contribution in [3.63, 3.8) is 0 Å². The Bertz CT molecular complexity index is 744. The number of aromatic nitrogens is 4. The van der Waals surface area contributed by atoms with Gasteiger partial charge in [-0.15, -0.1) is 0 Å². The Morgan fingerprint density at radius 2 is 2.00 bits per heavy atom. The molecular weight excluding hydrogens is 281 g/mol. The van der Waals surface area contributed by atoms with Crippen LogP contribution in [0.3, 0.4) is 0 Å². The fraction of sp³-hybridized carbons (Fsp3) is 0.250. The number of aryl methyl sites for hydroxylation is 1. The molecule has 114 valence electrons. The smallest absolute Gasteiger partial charge is 0.123 e. The van der Waals surface area contributed by atoms with Crippen LogP contribution in [0.25, 0.3) is 5.69 Å². The average Bonchev–Trinajstić information content (AvgIpc) is 3.09. The summed E-state index contributed by atoms with van der Waals surface area (Å²) in [6.07, 6.45) is 3.79. The van der Waals surface area contributed by atoms with Crippen molar-refractivity contribution < 1.29 is 4.39 Å². The molecule has 3 aromatic rings. The van der Waals surface area contributed by atoms with Crippen molar-refractivity contribution in [2.75, 3.05) is 7.05 Å². The Labute approximate surface area is 128 Å². The maximum atomic E-state index is 12.9. The Morgan fingerprint density at radius 3 is 2.68 bits per heavy atom. The lowest BCUT2D eigenvalue weighted by Crippen LogP contribution is -2.17. The van der Waals surface area contributed by atoms with Crippen molar-refractivity contribution >= 4 is 0 Å². The number of aromatic amines is 1. The predicted molar refractivity (Wildman–Crippen MR) is 82.0 cm³/mol. The van der Waals surface area contributed by atoms with Gasteiger partial charge < -0.3 is 0 Å². The first-order chi connectivity index (χ1) is 10.6. The van der Waals surface area contributed by atoms with Crippen LogP contribution in [0.1, 0.15) is 17.0 Å². The first kappa shape index (κ1) is 14.5. The van der Waals surface area contributed by atoms with Gasteiger partial charge in [-0.2, -0.15) is 10.2 Å². The molecule has 2 heterocycles. The maximum Gasteiger partial charge on any atom is 0.123 e. The molecule has 0 saturated heterocycles. The Morgan fingerprint density at radius 1 is 1.23 bits per heavy atom. The highest BCUT2D eigenvalue weighted by molar-refractivity contribution is 5.31. The molecule has 6 heteroatoms. The van der Waals surface area contributed by atoms with Crippen molar-refractivity contribution in [3.8, 4) is 5.69 Å². The van der Waals surface area contributed by atoms with Crippen molar-refractivity contribution in [1.82, 2.24) is 24.9 Å². The molecule has 0 bridgehead atoms. The fourth-order valence-electron chi connectivity index (χ4n) is 2.38. The van der Waals surface area contributed by atoms with Crippen LogP contribution < -0.4 is 0 Å². The van der Waals surface area contributed by atoms with Crippen LogP contribution >= 0.6 is 0 Å². The lowest BCUT2D eigenvalue weighted by Gasteiger charge is -2.13. The highest BCUT2D eigenvalue weighted by Gasteiger charge is 2.07. The summed E-state index contributed by atoms with van der Waals surface area (Å²) < 4.78 is 14.7. The zero-order valence-corrected chi connectivity index (χ0v) is 12.6. The van der Waals surface area contributed by atoms with E-state index in [0.29, 0.717) is 0 Å². The molecule has 2 aromatic heterocycles. The van der Waals surface area contributed by atoms with Crippen LogP contribution in [0.4, 0.5) is 4.39 Å². The average molecular weight is 299 g/mol.